The summed E-state index contributed by atoms with van der Waals surface area (Å²) < 4.78 is 12.6. The van der Waals surface area contributed by atoms with Crippen molar-refractivity contribution in [3.8, 4) is 11.5 Å². The first-order chi connectivity index (χ1) is 12.6. The maximum absolute atomic E-state index is 12.2. The van der Waals surface area contributed by atoms with Crippen molar-refractivity contribution in [3.63, 3.8) is 0 Å². The van der Waals surface area contributed by atoms with Gasteiger partial charge in [-0.1, -0.05) is 24.3 Å². The van der Waals surface area contributed by atoms with Gasteiger partial charge in [-0.15, -0.1) is 0 Å². The Kier molecular flexibility index (Phi) is 5.46. The normalized spacial score (nSPS) is 10.7. The molecule has 0 atom stereocenters. The molecule has 0 saturated carbocycles. The molecule has 5 nitrogen and oxygen atoms in total. The van der Waals surface area contributed by atoms with Gasteiger partial charge in [0.1, 0.15) is 0 Å². The van der Waals surface area contributed by atoms with Gasteiger partial charge in [0.05, 0.1) is 20.6 Å². The number of benzene rings is 2. The number of amides is 1. The van der Waals surface area contributed by atoms with Crippen LogP contribution in [0.3, 0.4) is 0 Å². The number of nitrogens with one attached hydrogen (secondary N) is 1. The highest BCUT2D eigenvalue weighted by atomic mass is 16.5. The molecule has 0 aliphatic carbocycles. The van der Waals surface area contributed by atoms with Crippen LogP contribution in [0.5, 0.6) is 11.5 Å². The standard InChI is InChI=1S/C21H24N2O3/c1-23-14-16(17-6-4-5-7-18(17)23)10-11-22-21(24)13-15-8-9-19(25-2)20(12-15)26-3/h4-9,12,14H,10-11,13H2,1-3H3,(H,22,24). The maximum Gasteiger partial charge on any atom is 0.224 e. The fourth-order valence-electron chi connectivity index (χ4n) is 3.20. The summed E-state index contributed by atoms with van der Waals surface area (Å²) in [7, 11) is 5.23. The Balaban J connectivity index is 1.57. The third-order valence-corrected chi connectivity index (χ3v) is 4.51. The third-order valence-electron chi connectivity index (χ3n) is 4.51. The fourth-order valence-corrected chi connectivity index (χ4v) is 3.20. The van der Waals surface area contributed by atoms with Crippen LogP contribution in [0.2, 0.25) is 0 Å². The van der Waals surface area contributed by atoms with Gasteiger partial charge < -0.3 is 19.4 Å². The van der Waals surface area contributed by atoms with E-state index in [1.165, 1.54) is 16.5 Å². The lowest BCUT2D eigenvalue weighted by Crippen LogP contribution is -2.27. The van der Waals surface area contributed by atoms with E-state index in [9.17, 15) is 4.79 Å². The van der Waals surface area contributed by atoms with E-state index in [1.54, 1.807) is 14.2 Å². The highest BCUT2D eigenvalue weighted by Gasteiger charge is 2.09. The monoisotopic (exact) mass is 352 g/mol. The zero-order valence-corrected chi connectivity index (χ0v) is 15.4. The molecule has 0 saturated heterocycles. The van der Waals surface area contributed by atoms with Crippen molar-refractivity contribution in [2.45, 2.75) is 12.8 Å². The molecule has 136 valence electrons. The van der Waals surface area contributed by atoms with Crippen molar-refractivity contribution in [1.29, 1.82) is 0 Å². The second-order valence-electron chi connectivity index (χ2n) is 6.25. The molecule has 0 spiro atoms. The van der Waals surface area contributed by atoms with Gasteiger partial charge in [0.15, 0.2) is 11.5 Å². The Bertz CT molecular complexity index is 915. The van der Waals surface area contributed by atoms with Crippen LogP contribution < -0.4 is 14.8 Å². The molecule has 3 rings (SSSR count). The van der Waals surface area contributed by atoms with Crippen molar-refractivity contribution < 1.29 is 14.3 Å². The molecule has 1 amide bonds. The van der Waals surface area contributed by atoms with Crippen LogP contribution in [0.15, 0.2) is 48.7 Å². The van der Waals surface area contributed by atoms with Gasteiger partial charge in [-0.05, 0) is 35.7 Å². The summed E-state index contributed by atoms with van der Waals surface area (Å²) in [6.45, 7) is 0.611. The van der Waals surface area contributed by atoms with Crippen LogP contribution in [0.25, 0.3) is 10.9 Å². The highest BCUT2D eigenvalue weighted by molar-refractivity contribution is 5.84. The number of para-hydroxylation sites is 1. The molecule has 0 unspecified atom stereocenters. The molecule has 1 N–H and O–H groups in total. The van der Waals surface area contributed by atoms with Crippen molar-refractivity contribution in [2.24, 2.45) is 7.05 Å². The Morgan fingerprint density at radius 3 is 2.62 bits per heavy atom. The summed E-state index contributed by atoms with van der Waals surface area (Å²) in [6, 6.07) is 13.8. The lowest BCUT2D eigenvalue weighted by molar-refractivity contribution is -0.120. The van der Waals surface area contributed by atoms with Crippen molar-refractivity contribution in [3.05, 3.63) is 59.8 Å². The van der Waals surface area contributed by atoms with E-state index in [1.807, 2.05) is 37.4 Å². The summed E-state index contributed by atoms with van der Waals surface area (Å²) in [6.07, 6.45) is 3.25. The number of rotatable bonds is 7. The summed E-state index contributed by atoms with van der Waals surface area (Å²) in [5.74, 6) is 1.29. The SMILES string of the molecule is COc1ccc(CC(=O)NCCc2cn(C)c3ccccc23)cc1OC. The van der Waals surface area contributed by atoms with E-state index < -0.39 is 0 Å². The quantitative estimate of drug-likeness (QED) is 0.711. The molecular weight excluding hydrogens is 328 g/mol. The van der Waals surface area contributed by atoms with Crippen LogP contribution in [-0.4, -0.2) is 31.2 Å². The molecule has 2 aromatic carbocycles. The number of hydrogen-bond acceptors (Lipinski definition) is 3. The van der Waals surface area contributed by atoms with E-state index >= 15 is 0 Å². The Morgan fingerprint density at radius 2 is 1.85 bits per heavy atom. The Hall–Kier alpha value is -2.95. The molecular formula is C21H24N2O3. The molecule has 1 heterocycles. The van der Waals surface area contributed by atoms with Gasteiger partial charge in [0, 0.05) is 30.7 Å². The Labute approximate surface area is 153 Å². The number of nitrogens with zero attached hydrogens (tertiary/aromatic N) is 1. The lowest BCUT2D eigenvalue weighted by atomic mass is 10.1. The van der Waals surface area contributed by atoms with Crippen molar-refractivity contribution >= 4 is 16.8 Å². The van der Waals surface area contributed by atoms with Crippen LogP contribution in [0.1, 0.15) is 11.1 Å². The molecule has 26 heavy (non-hydrogen) atoms. The average molecular weight is 352 g/mol. The molecule has 3 aromatic rings. The number of carbonyl (C=O) groups is 1. The first kappa shape index (κ1) is 17.9. The smallest absolute Gasteiger partial charge is 0.224 e. The van der Waals surface area contributed by atoms with Crippen LogP contribution >= 0.6 is 0 Å². The van der Waals surface area contributed by atoms with E-state index in [0.29, 0.717) is 24.5 Å². The zero-order valence-electron chi connectivity index (χ0n) is 15.4. The van der Waals surface area contributed by atoms with Crippen molar-refractivity contribution in [2.75, 3.05) is 20.8 Å². The summed E-state index contributed by atoms with van der Waals surface area (Å²) in [4.78, 5) is 12.2. The molecule has 0 aliphatic heterocycles. The van der Waals surface area contributed by atoms with Gasteiger partial charge in [-0.2, -0.15) is 0 Å². The lowest BCUT2D eigenvalue weighted by Gasteiger charge is -2.10. The number of ether oxygens (including phenoxy) is 2. The topological polar surface area (TPSA) is 52.5 Å². The average Bonchev–Trinajstić information content (AvgIpc) is 2.98. The number of aromatic nitrogens is 1. The molecule has 5 heteroatoms. The van der Waals surface area contributed by atoms with E-state index in [-0.39, 0.29) is 5.91 Å². The molecule has 0 aliphatic rings. The van der Waals surface area contributed by atoms with E-state index in [4.69, 9.17) is 9.47 Å². The predicted octanol–water partition coefficient (Wildman–Crippen LogP) is 3.10. The molecule has 0 radical (unpaired) electrons. The van der Waals surface area contributed by atoms with Gasteiger partial charge >= 0.3 is 0 Å². The minimum Gasteiger partial charge on any atom is -0.493 e. The number of hydrogen-bond donors (Lipinski definition) is 1. The minimum atomic E-state index is -0.00236. The minimum absolute atomic E-state index is 0.00236. The third kappa shape index (κ3) is 3.82. The van der Waals surface area contributed by atoms with Crippen LogP contribution in [-0.2, 0) is 24.7 Å². The van der Waals surface area contributed by atoms with Gasteiger partial charge in [0.25, 0.3) is 0 Å². The largest absolute Gasteiger partial charge is 0.493 e. The molecule has 0 bridgehead atoms. The van der Waals surface area contributed by atoms with Gasteiger partial charge in [0.2, 0.25) is 5.91 Å². The number of methoxy groups -OCH3 is 2. The second-order valence-corrected chi connectivity index (χ2v) is 6.25. The molecule has 1 aromatic heterocycles. The highest BCUT2D eigenvalue weighted by Crippen LogP contribution is 2.27. The van der Waals surface area contributed by atoms with E-state index in [0.717, 1.165) is 12.0 Å². The van der Waals surface area contributed by atoms with Crippen molar-refractivity contribution in [1.82, 2.24) is 9.88 Å². The zero-order chi connectivity index (χ0) is 18.5. The Morgan fingerprint density at radius 1 is 1.08 bits per heavy atom. The number of fused-ring (bicyclic) bond motifs is 1. The molecule has 0 fully saturated rings. The van der Waals surface area contributed by atoms with Gasteiger partial charge in [-0.25, -0.2) is 0 Å². The first-order valence-electron chi connectivity index (χ1n) is 8.63. The maximum atomic E-state index is 12.2. The summed E-state index contributed by atoms with van der Waals surface area (Å²) >= 11 is 0. The van der Waals surface area contributed by atoms with Crippen LogP contribution in [0, 0.1) is 0 Å². The summed E-state index contributed by atoms with van der Waals surface area (Å²) in [5, 5.41) is 4.24. The predicted molar refractivity (Wildman–Crippen MR) is 103 cm³/mol. The van der Waals surface area contributed by atoms with Gasteiger partial charge in [-0.3, -0.25) is 4.79 Å². The fraction of sp³-hybridized carbons (Fsp3) is 0.286. The second kappa shape index (κ2) is 7.95. The first-order valence-corrected chi connectivity index (χ1v) is 8.63. The van der Waals surface area contributed by atoms with Crippen LogP contribution in [0.4, 0.5) is 0 Å². The summed E-state index contributed by atoms with van der Waals surface area (Å²) in [5.41, 5.74) is 3.35. The number of carbonyl (C=O) groups excluding carboxylic acids is 1. The van der Waals surface area contributed by atoms with E-state index in [2.05, 4.69) is 28.2 Å². The number of aryl methyl sites for hydroxylation is 1.